The number of aliphatic imine (C=N–C) groups is 1. The van der Waals surface area contributed by atoms with Crippen LogP contribution >= 0.6 is 0 Å². The summed E-state index contributed by atoms with van der Waals surface area (Å²) in [5, 5.41) is 2.72. The van der Waals surface area contributed by atoms with Gasteiger partial charge in [-0.2, -0.15) is 0 Å². The predicted octanol–water partition coefficient (Wildman–Crippen LogP) is 5.50. The van der Waals surface area contributed by atoms with Crippen molar-refractivity contribution in [1.29, 1.82) is 0 Å². The summed E-state index contributed by atoms with van der Waals surface area (Å²) in [6.07, 6.45) is -0.579. The first kappa shape index (κ1) is 25.8. The number of carbonyl (C=O) groups excluding carboxylic acids is 2. The van der Waals surface area contributed by atoms with Crippen molar-refractivity contribution in [2.24, 2.45) is 4.99 Å². The average Bonchev–Trinajstić information content (AvgIpc) is 3.36. The maximum Gasteiger partial charge on any atom is 0.412 e. The third-order valence-electron chi connectivity index (χ3n) is 5.24. The van der Waals surface area contributed by atoms with Crippen LogP contribution in [0.15, 0.2) is 83.9 Å². The molecule has 37 heavy (non-hydrogen) atoms. The molecule has 1 aliphatic rings. The Kier molecular flexibility index (Phi) is 8.08. The number of hydrogen-bond donors (Lipinski definition) is 1. The molecule has 1 N–H and O–H groups in total. The summed E-state index contributed by atoms with van der Waals surface area (Å²) < 4.78 is 22.6. The zero-order valence-corrected chi connectivity index (χ0v) is 21.1. The van der Waals surface area contributed by atoms with Crippen LogP contribution < -0.4 is 10.1 Å². The van der Waals surface area contributed by atoms with Crippen molar-refractivity contribution >= 4 is 23.6 Å². The summed E-state index contributed by atoms with van der Waals surface area (Å²) >= 11 is 0. The first-order chi connectivity index (χ1) is 17.8. The van der Waals surface area contributed by atoms with Crippen LogP contribution in [-0.2, 0) is 32.2 Å². The van der Waals surface area contributed by atoms with Gasteiger partial charge in [-0.05, 0) is 44.0 Å². The van der Waals surface area contributed by atoms with E-state index < -0.39 is 23.7 Å². The number of rotatable bonds is 8. The van der Waals surface area contributed by atoms with E-state index in [2.05, 4.69) is 10.3 Å². The zero-order valence-electron chi connectivity index (χ0n) is 21.1. The predicted molar refractivity (Wildman–Crippen MR) is 140 cm³/mol. The van der Waals surface area contributed by atoms with Crippen LogP contribution in [0, 0.1) is 0 Å². The van der Waals surface area contributed by atoms with E-state index in [4.69, 9.17) is 18.9 Å². The third kappa shape index (κ3) is 7.57. The second kappa shape index (κ2) is 11.6. The topological polar surface area (TPSA) is 95.5 Å². The van der Waals surface area contributed by atoms with Gasteiger partial charge in [0.1, 0.15) is 31.2 Å². The van der Waals surface area contributed by atoms with Crippen LogP contribution in [0.25, 0.3) is 0 Å². The molecule has 0 aromatic heterocycles. The van der Waals surface area contributed by atoms with Crippen LogP contribution in [0.1, 0.15) is 37.5 Å². The second-order valence-corrected chi connectivity index (χ2v) is 9.47. The molecule has 0 unspecified atom stereocenters. The van der Waals surface area contributed by atoms with Crippen molar-refractivity contribution in [3.8, 4) is 5.75 Å². The van der Waals surface area contributed by atoms with Gasteiger partial charge in [0.25, 0.3) is 0 Å². The molecule has 1 heterocycles. The number of amides is 1. The minimum Gasteiger partial charge on any atom is -0.488 e. The molecule has 0 bridgehead atoms. The Balaban J connectivity index is 1.50. The van der Waals surface area contributed by atoms with E-state index in [0.29, 0.717) is 23.6 Å². The molecule has 0 saturated heterocycles. The fourth-order valence-corrected chi connectivity index (χ4v) is 3.52. The van der Waals surface area contributed by atoms with Crippen LogP contribution in [-0.4, -0.2) is 36.2 Å². The molecule has 8 nitrogen and oxygen atoms in total. The summed E-state index contributed by atoms with van der Waals surface area (Å²) in [6.45, 7) is 5.90. The maximum absolute atomic E-state index is 12.6. The molecule has 1 aliphatic heterocycles. The van der Waals surface area contributed by atoms with Crippen LogP contribution in [0.3, 0.4) is 0 Å². The van der Waals surface area contributed by atoms with E-state index in [1.54, 1.807) is 39.0 Å². The van der Waals surface area contributed by atoms with Crippen LogP contribution in [0.2, 0.25) is 0 Å². The molecular formula is C29H30N2O6. The van der Waals surface area contributed by atoms with E-state index in [1.807, 2.05) is 60.7 Å². The van der Waals surface area contributed by atoms with Gasteiger partial charge in [-0.3, -0.25) is 5.32 Å². The smallest absolute Gasteiger partial charge is 0.412 e. The minimum absolute atomic E-state index is 0.0684. The van der Waals surface area contributed by atoms with Crippen molar-refractivity contribution in [3.63, 3.8) is 0 Å². The number of benzene rings is 3. The van der Waals surface area contributed by atoms with E-state index >= 15 is 0 Å². The van der Waals surface area contributed by atoms with Gasteiger partial charge < -0.3 is 18.9 Å². The molecule has 192 valence electrons. The standard InChI is InChI=1S/C29H30N2O6/c1-29(2,3)37-28(33)30-22-14-15-23(25(16-22)34-17-20-10-6-4-7-11-20)26-31-24(19-35-26)27(32)36-18-21-12-8-5-9-13-21/h4-16,24H,17-19H2,1-3H3,(H,30,33)/t24-/m0/s1. The molecule has 3 aromatic carbocycles. The Bertz CT molecular complexity index is 1250. The fourth-order valence-electron chi connectivity index (χ4n) is 3.52. The summed E-state index contributed by atoms with van der Waals surface area (Å²) in [6, 6.07) is 23.4. The van der Waals surface area contributed by atoms with Crippen LogP contribution in [0.4, 0.5) is 10.5 Å². The number of nitrogens with zero attached hydrogens (tertiary/aromatic N) is 1. The molecule has 4 rings (SSSR count). The van der Waals surface area contributed by atoms with Crippen molar-refractivity contribution in [2.75, 3.05) is 11.9 Å². The quantitative estimate of drug-likeness (QED) is 0.409. The Morgan fingerprint density at radius 3 is 2.24 bits per heavy atom. The molecule has 8 heteroatoms. The fraction of sp³-hybridized carbons (Fsp3) is 0.276. The number of anilines is 1. The Labute approximate surface area is 216 Å². The van der Waals surface area contributed by atoms with Crippen molar-refractivity contribution in [2.45, 2.75) is 45.6 Å². The zero-order chi connectivity index (χ0) is 26.3. The van der Waals surface area contributed by atoms with Crippen molar-refractivity contribution in [1.82, 2.24) is 0 Å². The second-order valence-electron chi connectivity index (χ2n) is 9.47. The highest BCUT2D eigenvalue weighted by Crippen LogP contribution is 2.28. The Hall–Kier alpha value is -4.33. The number of carbonyl (C=O) groups is 2. The normalized spacial score (nSPS) is 14.8. The molecule has 3 aromatic rings. The summed E-state index contributed by atoms with van der Waals surface area (Å²) in [5.41, 5.74) is 2.27. The molecule has 1 amide bonds. The monoisotopic (exact) mass is 502 g/mol. The number of hydrogen-bond acceptors (Lipinski definition) is 7. The molecule has 1 atom stereocenters. The van der Waals surface area contributed by atoms with Gasteiger partial charge in [-0.25, -0.2) is 14.6 Å². The van der Waals surface area contributed by atoms with E-state index in [-0.39, 0.29) is 19.1 Å². The Morgan fingerprint density at radius 2 is 1.59 bits per heavy atom. The number of esters is 1. The molecule has 0 spiro atoms. The highest BCUT2D eigenvalue weighted by Gasteiger charge is 2.29. The lowest BCUT2D eigenvalue weighted by atomic mass is 10.1. The SMILES string of the molecule is CC(C)(C)OC(=O)Nc1ccc(C2=N[C@H](C(=O)OCc3ccccc3)CO2)c(OCc2ccccc2)c1. The molecule has 0 aliphatic carbocycles. The summed E-state index contributed by atoms with van der Waals surface area (Å²) in [5.74, 6) is 0.247. The highest BCUT2D eigenvalue weighted by molar-refractivity contribution is 6.00. The van der Waals surface area contributed by atoms with Gasteiger partial charge >= 0.3 is 12.1 Å². The van der Waals surface area contributed by atoms with Gasteiger partial charge in [-0.15, -0.1) is 0 Å². The molecule has 0 fully saturated rings. The minimum atomic E-state index is -0.778. The van der Waals surface area contributed by atoms with Crippen LogP contribution in [0.5, 0.6) is 5.75 Å². The lowest BCUT2D eigenvalue weighted by Gasteiger charge is -2.20. The lowest BCUT2D eigenvalue weighted by molar-refractivity contribution is -0.146. The largest absolute Gasteiger partial charge is 0.488 e. The maximum atomic E-state index is 12.6. The number of nitrogens with one attached hydrogen (secondary N) is 1. The first-order valence-electron chi connectivity index (χ1n) is 12.0. The van der Waals surface area contributed by atoms with E-state index in [0.717, 1.165) is 11.1 Å². The van der Waals surface area contributed by atoms with Gasteiger partial charge in [0.2, 0.25) is 5.90 Å². The van der Waals surface area contributed by atoms with E-state index in [9.17, 15) is 9.59 Å². The van der Waals surface area contributed by atoms with Crippen molar-refractivity contribution in [3.05, 3.63) is 95.6 Å². The molecular weight excluding hydrogens is 472 g/mol. The van der Waals surface area contributed by atoms with Crippen molar-refractivity contribution < 1.29 is 28.5 Å². The van der Waals surface area contributed by atoms with Gasteiger partial charge in [0.05, 0.1) is 5.56 Å². The first-order valence-corrected chi connectivity index (χ1v) is 12.0. The van der Waals surface area contributed by atoms with Gasteiger partial charge in [-0.1, -0.05) is 60.7 Å². The Morgan fingerprint density at radius 1 is 0.946 bits per heavy atom. The lowest BCUT2D eigenvalue weighted by Crippen LogP contribution is -2.27. The summed E-state index contributed by atoms with van der Waals surface area (Å²) in [4.78, 5) is 29.3. The van der Waals surface area contributed by atoms with Gasteiger partial charge in [0.15, 0.2) is 6.04 Å². The number of ether oxygens (including phenoxy) is 4. The molecule has 0 radical (unpaired) electrons. The highest BCUT2D eigenvalue weighted by atomic mass is 16.6. The van der Waals surface area contributed by atoms with Gasteiger partial charge in [0, 0.05) is 11.8 Å². The van der Waals surface area contributed by atoms with E-state index in [1.165, 1.54) is 0 Å². The average molecular weight is 503 g/mol. The third-order valence-corrected chi connectivity index (χ3v) is 5.24. The molecule has 0 saturated carbocycles. The summed E-state index contributed by atoms with van der Waals surface area (Å²) in [7, 11) is 0.